The number of halogens is 1. The number of benzene rings is 2. The Balaban J connectivity index is 0.691. The topological polar surface area (TPSA) is 139 Å². The first-order valence-corrected chi connectivity index (χ1v) is 19.2. The lowest BCUT2D eigenvalue weighted by atomic mass is 10.0. The average molecular weight is 760 g/mol. The standard InChI is InChI=1S/C42H42FN7O6/c1-47-35-10-14-44-21-34(35)31-5-2-25(18-37(31)47)26-3-8-38(45-20-26)49-23-30(24-49)56-28-11-15-48(16-12-28)22-27(43)13-17-55-29-4-6-32-33(19-29)42(54)50(41(32)53)36-7-9-39(51)46-40(36)52/h2-6,8,10,14,18-21,27-28,30,36H,7,9,11-13,15-17,22-24H2,1H3,(H,46,51,52). The van der Waals surface area contributed by atoms with Crippen molar-refractivity contribution in [2.75, 3.05) is 44.2 Å². The van der Waals surface area contributed by atoms with Gasteiger partial charge in [-0.15, -0.1) is 0 Å². The van der Waals surface area contributed by atoms with Crippen molar-refractivity contribution in [1.82, 2.24) is 29.7 Å². The summed E-state index contributed by atoms with van der Waals surface area (Å²) in [6.45, 7) is 3.52. The van der Waals surface area contributed by atoms with E-state index >= 15 is 4.39 Å². The molecule has 2 aromatic carbocycles. The summed E-state index contributed by atoms with van der Waals surface area (Å²) in [5.41, 5.74) is 4.81. The minimum Gasteiger partial charge on any atom is -0.493 e. The van der Waals surface area contributed by atoms with Gasteiger partial charge in [-0.25, -0.2) is 9.37 Å². The van der Waals surface area contributed by atoms with Crippen molar-refractivity contribution in [3.05, 3.63) is 84.3 Å². The summed E-state index contributed by atoms with van der Waals surface area (Å²) in [6, 6.07) is 16.2. The van der Waals surface area contributed by atoms with Gasteiger partial charge in [0.1, 0.15) is 23.8 Å². The number of amides is 4. The number of pyridine rings is 2. The number of aryl methyl sites for hydroxylation is 1. The molecule has 3 saturated heterocycles. The summed E-state index contributed by atoms with van der Waals surface area (Å²) in [5, 5.41) is 4.53. The number of aromatic nitrogens is 3. The highest BCUT2D eigenvalue weighted by Gasteiger charge is 2.44. The lowest BCUT2D eigenvalue weighted by Crippen LogP contribution is -2.54. The van der Waals surface area contributed by atoms with E-state index in [0.29, 0.717) is 12.3 Å². The number of carbonyl (C=O) groups is 4. The molecule has 4 aliphatic heterocycles. The summed E-state index contributed by atoms with van der Waals surface area (Å²) in [4.78, 5) is 64.2. The summed E-state index contributed by atoms with van der Waals surface area (Å²) < 4.78 is 29.4. The Morgan fingerprint density at radius 3 is 2.45 bits per heavy atom. The lowest BCUT2D eigenvalue weighted by molar-refractivity contribution is -0.136. The number of rotatable bonds is 11. The molecule has 3 aromatic heterocycles. The quantitative estimate of drug-likeness (QED) is 0.189. The van der Waals surface area contributed by atoms with E-state index in [1.807, 2.05) is 24.7 Å². The predicted octanol–water partition coefficient (Wildman–Crippen LogP) is 4.67. The maximum Gasteiger partial charge on any atom is 0.262 e. The van der Waals surface area contributed by atoms with Crippen LogP contribution in [-0.4, -0.2) is 112 Å². The molecule has 7 heterocycles. The predicted molar refractivity (Wildman–Crippen MR) is 206 cm³/mol. The molecule has 14 heteroatoms. The minimum absolute atomic E-state index is 0.0499. The van der Waals surface area contributed by atoms with E-state index in [4.69, 9.17) is 14.5 Å². The summed E-state index contributed by atoms with van der Waals surface area (Å²) in [5.74, 6) is -0.997. The molecule has 1 N–H and O–H groups in total. The Morgan fingerprint density at radius 2 is 1.66 bits per heavy atom. The summed E-state index contributed by atoms with van der Waals surface area (Å²) in [6.07, 6.45) is 6.89. The number of nitrogens with zero attached hydrogens (tertiary/aromatic N) is 6. The summed E-state index contributed by atoms with van der Waals surface area (Å²) >= 11 is 0. The molecule has 4 amide bonds. The molecule has 2 unspecified atom stereocenters. The van der Waals surface area contributed by atoms with E-state index in [9.17, 15) is 19.2 Å². The van der Waals surface area contributed by atoms with Gasteiger partial charge in [-0.1, -0.05) is 12.1 Å². The zero-order valence-corrected chi connectivity index (χ0v) is 31.0. The second-order valence-electron chi connectivity index (χ2n) is 15.1. The van der Waals surface area contributed by atoms with Crippen LogP contribution in [0.1, 0.15) is 52.8 Å². The van der Waals surface area contributed by atoms with Gasteiger partial charge in [0, 0.05) is 93.1 Å². The van der Waals surface area contributed by atoms with Gasteiger partial charge in [-0.2, -0.15) is 0 Å². The van der Waals surface area contributed by atoms with Gasteiger partial charge in [-0.3, -0.25) is 34.4 Å². The highest BCUT2D eigenvalue weighted by Crippen LogP contribution is 2.33. The maximum atomic E-state index is 15.0. The number of nitrogens with one attached hydrogen (secondary N) is 1. The van der Waals surface area contributed by atoms with Crippen molar-refractivity contribution in [2.45, 2.75) is 56.5 Å². The molecule has 0 saturated carbocycles. The lowest BCUT2D eigenvalue weighted by Gasteiger charge is -2.43. The van der Waals surface area contributed by atoms with Crippen LogP contribution >= 0.6 is 0 Å². The van der Waals surface area contributed by atoms with Crippen LogP contribution in [0.5, 0.6) is 5.75 Å². The van der Waals surface area contributed by atoms with E-state index in [0.717, 1.165) is 77.3 Å². The smallest absolute Gasteiger partial charge is 0.262 e. The number of carbonyl (C=O) groups excluding carboxylic acids is 4. The Hall–Kier alpha value is -5.73. The third-order valence-electron chi connectivity index (χ3n) is 11.5. The highest BCUT2D eigenvalue weighted by atomic mass is 19.1. The first-order chi connectivity index (χ1) is 27.2. The molecular formula is C42H42FN7O6. The van der Waals surface area contributed by atoms with Crippen LogP contribution in [0.25, 0.3) is 32.9 Å². The van der Waals surface area contributed by atoms with E-state index in [1.165, 1.54) is 17.5 Å². The van der Waals surface area contributed by atoms with Gasteiger partial charge in [0.05, 0.1) is 35.5 Å². The van der Waals surface area contributed by atoms with Crippen molar-refractivity contribution in [1.29, 1.82) is 0 Å². The molecule has 0 aliphatic carbocycles. The van der Waals surface area contributed by atoms with Crippen molar-refractivity contribution in [2.24, 2.45) is 7.05 Å². The minimum atomic E-state index is -1.09. The van der Waals surface area contributed by atoms with Gasteiger partial charge in [0.25, 0.3) is 11.8 Å². The number of piperidine rings is 2. The van der Waals surface area contributed by atoms with Crippen LogP contribution in [-0.2, 0) is 21.4 Å². The second kappa shape index (κ2) is 14.7. The number of ether oxygens (including phenoxy) is 2. The van der Waals surface area contributed by atoms with E-state index in [-0.39, 0.29) is 49.2 Å². The molecule has 4 aliphatic rings. The Morgan fingerprint density at radius 1 is 0.857 bits per heavy atom. The zero-order chi connectivity index (χ0) is 38.5. The fourth-order valence-corrected chi connectivity index (χ4v) is 8.40. The van der Waals surface area contributed by atoms with Crippen molar-refractivity contribution >= 4 is 51.3 Å². The van der Waals surface area contributed by atoms with Crippen LogP contribution < -0.4 is 15.0 Å². The number of anilines is 1. The maximum absolute atomic E-state index is 15.0. The summed E-state index contributed by atoms with van der Waals surface area (Å²) in [7, 11) is 2.08. The SMILES string of the molecule is Cn1c2ccncc2c2ccc(-c3ccc(N4CC(OC5CCN(CC(F)CCOc6ccc7c(c6)C(=O)N(C6CCC(=O)NC6=O)C7=O)CC5)C4)nc3)cc21. The van der Waals surface area contributed by atoms with Crippen LogP contribution in [0, 0.1) is 0 Å². The number of imide groups is 2. The fourth-order valence-electron chi connectivity index (χ4n) is 8.40. The molecule has 0 bridgehead atoms. The first kappa shape index (κ1) is 35.9. The Labute approximate surface area is 322 Å². The van der Waals surface area contributed by atoms with E-state index < -0.39 is 35.8 Å². The molecular weight excluding hydrogens is 718 g/mol. The second-order valence-corrected chi connectivity index (χ2v) is 15.1. The van der Waals surface area contributed by atoms with E-state index in [2.05, 4.69) is 62.0 Å². The molecule has 56 heavy (non-hydrogen) atoms. The van der Waals surface area contributed by atoms with E-state index in [1.54, 1.807) is 6.07 Å². The van der Waals surface area contributed by atoms with Gasteiger partial charge >= 0.3 is 0 Å². The van der Waals surface area contributed by atoms with Gasteiger partial charge < -0.3 is 23.8 Å². The molecule has 2 atom stereocenters. The van der Waals surface area contributed by atoms with Crippen molar-refractivity contribution < 1.29 is 33.0 Å². The zero-order valence-electron chi connectivity index (χ0n) is 31.0. The third-order valence-corrected chi connectivity index (χ3v) is 11.5. The normalized spacial score (nSPS) is 20.1. The van der Waals surface area contributed by atoms with Crippen LogP contribution in [0.15, 0.2) is 73.2 Å². The van der Waals surface area contributed by atoms with Gasteiger partial charge in [0.15, 0.2) is 0 Å². The van der Waals surface area contributed by atoms with Crippen LogP contribution in [0.3, 0.4) is 0 Å². The third kappa shape index (κ3) is 6.76. The molecule has 5 aromatic rings. The van der Waals surface area contributed by atoms with Crippen molar-refractivity contribution in [3.63, 3.8) is 0 Å². The van der Waals surface area contributed by atoms with Crippen LogP contribution in [0.2, 0.25) is 0 Å². The van der Waals surface area contributed by atoms with Crippen molar-refractivity contribution in [3.8, 4) is 16.9 Å². The number of hydrogen-bond donors (Lipinski definition) is 1. The first-order valence-electron chi connectivity index (χ1n) is 19.2. The van der Waals surface area contributed by atoms with Gasteiger partial charge in [0.2, 0.25) is 11.8 Å². The fraction of sp³-hybridized carbons (Fsp3) is 0.381. The Bertz CT molecular complexity index is 2350. The molecule has 13 nitrogen and oxygen atoms in total. The highest BCUT2D eigenvalue weighted by molar-refractivity contribution is 6.23. The van der Waals surface area contributed by atoms with Gasteiger partial charge in [-0.05, 0) is 67.3 Å². The number of hydrogen-bond acceptors (Lipinski definition) is 10. The molecule has 9 rings (SSSR count). The number of likely N-dealkylation sites (tertiary alicyclic amines) is 1. The number of alkyl halides is 1. The molecule has 288 valence electrons. The molecule has 0 spiro atoms. The molecule has 3 fully saturated rings. The van der Waals surface area contributed by atoms with Crippen LogP contribution in [0.4, 0.5) is 10.2 Å². The molecule has 0 radical (unpaired) electrons. The number of fused-ring (bicyclic) bond motifs is 4. The monoisotopic (exact) mass is 759 g/mol. The average Bonchev–Trinajstić information content (AvgIpc) is 3.61. The Kier molecular flexibility index (Phi) is 9.46. The largest absolute Gasteiger partial charge is 0.493 e.